The van der Waals surface area contributed by atoms with E-state index in [1.165, 1.54) is 0 Å². The number of pyridine rings is 1. The number of benzene rings is 2. The van der Waals surface area contributed by atoms with E-state index in [1.807, 2.05) is 17.0 Å². The molecule has 0 aliphatic carbocycles. The number of hydrogen-bond acceptors (Lipinski definition) is 8. The summed E-state index contributed by atoms with van der Waals surface area (Å²) in [7, 11) is 1.58. The van der Waals surface area contributed by atoms with Gasteiger partial charge in [-0.3, -0.25) is 14.8 Å². The summed E-state index contributed by atoms with van der Waals surface area (Å²) in [4.78, 5) is 32.1. The Labute approximate surface area is 277 Å². The van der Waals surface area contributed by atoms with Gasteiger partial charge in [0.1, 0.15) is 29.4 Å². The summed E-state index contributed by atoms with van der Waals surface area (Å²) in [6, 6.07) is 8.73. The maximum Gasteiger partial charge on any atom is 0.407 e. The van der Waals surface area contributed by atoms with Crippen LogP contribution in [0.3, 0.4) is 0 Å². The number of methoxy groups -OCH3 is 1. The zero-order valence-electron chi connectivity index (χ0n) is 26.7. The van der Waals surface area contributed by atoms with Crippen LogP contribution in [0.25, 0.3) is 32.9 Å². The molecule has 2 atom stereocenters. The fraction of sp³-hybridized carbons (Fsp3) is 0.351. The van der Waals surface area contributed by atoms with Gasteiger partial charge in [0.15, 0.2) is 5.82 Å². The number of rotatable bonds is 6. The van der Waals surface area contributed by atoms with Gasteiger partial charge in [-0.1, -0.05) is 42.4 Å². The number of anilines is 1. The molecule has 4 fully saturated rings. The van der Waals surface area contributed by atoms with Crippen molar-refractivity contribution in [3.8, 4) is 35.4 Å². The number of piperazine rings is 1. The van der Waals surface area contributed by atoms with E-state index in [2.05, 4.69) is 33.9 Å². The molecular formula is C37H35FN6O4. The maximum atomic E-state index is 17.0. The predicted molar refractivity (Wildman–Crippen MR) is 181 cm³/mol. The standard InChI is InChI=1S/C37H35FN6O4/c1-5-23-7-6-8-26-29(47-4)12-11-27(30(23)26)32-31(38)33-28(15-39-32)34(42-18-24-9-10-25(19-42)44(24)36(45)46)41-35(40-33)48-20-37-13-21(2)16-43(37)17-22(3)14-37/h1,6-8,11-12,15,24-25H,2-3,9-10,13-14,16-20H2,4H3,(H,45,46)/t24-,25+. The van der Waals surface area contributed by atoms with Crippen LogP contribution < -0.4 is 14.4 Å². The molecule has 244 valence electrons. The van der Waals surface area contributed by atoms with E-state index in [4.69, 9.17) is 20.9 Å². The minimum Gasteiger partial charge on any atom is -0.496 e. The van der Waals surface area contributed by atoms with Gasteiger partial charge in [-0.25, -0.2) is 9.18 Å². The van der Waals surface area contributed by atoms with Crippen molar-refractivity contribution in [2.24, 2.45) is 0 Å². The van der Waals surface area contributed by atoms with Crippen LogP contribution in [0.2, 0.25) is 0 Å². The minimum atomic E-state index is -0.922. The van der Waals surface area contributed by atoms with Gasteiger partial charge in [0.2, 0.25) is 0 Å². The molecule has 2 bridgehead atoms. The topological polar surface area (TPSA) is 104 Å². The van der Waals surface area contributed by atoms with Crippen molar-refractivity contribution in [2.75, 3.05) is 44.8 Å². The van der Waals surface area contributed by atoms with Crippen molar-refractivity contribution in [3.05, 3.63) is 72.2 Å². The summed E-state index contributed by atoms with van der Waals surface area (Å²) in [5.74, 6) is 3.18. The number of carbonyl (C=O) groups is 1. The molecule has 10 nitrogen and oxygen atoms in total. The molecule has 0 radical (unpaired) electrons. The average molecular weight is 647 g/mol. The first-order valence-electron chi connectivity index (χ1n) is 16.1. The van der Waals surface area contributed by atoms with Gasteiger partial charge in [0, 0.05) is 54.3 Å². The maximum absolute atomic E-state index is 17.0. The fourth-order valence-electron chi connectivity index (χ4n) is 8.43. The van der Waals surface area contributed by atoms with Gasteiger partial charge in [-0.15, -0.1) is 6.42 Å². The first-order chi connectivity index (χ1) is 23.2. The monoisotopic (exact) mass is 646 g/mol. The second-order valence-electron chi connectivity index (χ2n) is 13.4. The van der Waals surface area contributed by atoms with Gasteiger partial charge < -0.3 is 19.5 Å². The Hall–Kier alpha value is -5.21. The van der Waals surface area contributed by atoms with Crippen LogP contribution in [0.15, 0.2) is 60.8 Å². The van der Waals surface area contributed by atoms with Crippen molar-refractivity contribution in [1.29, 1.82) is 0 Å². The molecule has 0 saturated carbocycles. The number of terminal acetylenes is 1. The van der Waals surface area contributed by atoms with Crippen LogP contribution in [-0.2, 0) is 0 Å². The molecule has 0 unspecified atom stereocenters. The van der Waals surface area contributed by atoms with E-state index in [-0.39, 0.29) is 34.8 Å². The molecule has 4 saturated heterocycles. The Balaban J connectivity index is 1.26. The lowest BCUT2D eigenvalue weighted by Gasteiger charge is -2.40. The highest BCUT2D eigenvalue weighted by Crippen LogP contribution is 2.44. The number of halogens is 1. The molecule has 4 aliphatic heterocycles. The summed E-state index contributed by atoms with van der Waals surface area (Å²) in [6.07, 6.45) is 9.63. The number of aromatic nitrogens is 3. The van der Waals surface area contributed by atoms with Gasteiger partial charge >= 0.3 is 12.1 Å². The zero-order chi connectivity index (χ0) is 33.3. The lowest BCUT2D eigenvalue weighted by molar-refractivity contribution is 0.107. The van der Waals surface area contributed by atoms with Crippen LogP contribution in [0.1, 0.15) is 31.2 Å². The van der Waals surface area contributed by atoms with E-state index < -0.39 is 11.9 Å². The highest BCUT2D eigenvalue weighted by Gasteiger charge is 2.48. The summed E-state index contributed by atoms with van der Waals surface area (Å²) in [5, 5.41) is 11.7. The van der Waals surface area contributed by atoms with E-state index in [9.17, 15) is 9.90 Å². The van der Waals surface area contributed by atoms with Crippen LogP contribution in [0, 0.1) is 18.2 Å². The molecule has 11 heteroatoms. The molecule has 2 aromatic heterocycles. The third-order valence-electron chi connectivity index (χ3n) is 10.4. The number of nitrogens with zero attached hydrogens (tertiary/aromatic N) is 6. The predicted octanol–water partition coefficient (Wildman–Crippen LogP) is 5.64. The average Bonchev–Trinajstić information content (AvgIpc) is 3.65. The van der Waals surface area contributed by atoms with Crippen molar-refractivity contribution >= 4 is 33.6 Å². The van der Waals surface area contributed by atoms with Gasteiger partial charge in [-0.2, -0.15) is 9.97 Å². The Bertz CT molecular complexity index is 2060. The Kier molecular flexibility index (Phi) is 7.03. The Morgan fingerprint density at radius 2 is 1.83 bits per heavy atom. The van der Waals surface area contributed by atoms with Gasteiger partial charge in [0.25, 0.3) is 0 Å². The first kappa shape index (κ1) is 30.1. The van der Waals surface area contributed by atoms with Crippen LogP contribution in [0.4, 0.5) is 15.0 Å². The van der Waals surface area contributed by atoms with Crippen molar-refractivity contribution in [2.45, 2.75) is 43.3 Å². The largest absolute Gasteiger partial charge is 0.496 e. The highest BCUT2D eigenvalue weighted by atomic mass is 19.1. The highest BCUT2D eigenvalue weighted by molar-refractivity contribution is 6.04. The molecule has 1 N–H and O–H groups in total. The minimum absolute atomic E-state index is 0.0508. The number of fused-ring (bicyclic) bond motifs is 5. The third kappa shape index (κ3) is 4.65. The molecule has 1 amide bonds. The Morgan fingerprint density at radius 1 is 1.10 bits per heavy atom. The molecule has 6 heterocycles. The quantitative estimate of drug-likeness (QED) is 0.210. The smallest absolute Gasteiger partial charge is 0.407 e. The summed E-state index contributed by atoms with van der Waals surface area (Å²) in [5.41, 5.74) is 3.23. The van der Waals surface area contributed by atoms with E-state index in [0.29, 0.717) is 53.2 Å². The van der Waals surface area contributed by atoms with Crippen molar-refractivity contribution < 1.29 is 23.8 Å². The zero-order valence-corrected chi connectivity index (χ0v) is 26.7. The Morgan fingerprint density at radius 3 is 2.50 bits per heavy atom. The number of ether oxygens (including phenoxy) is 2. The second kappa shape index (κ2) is 11.2. The summed E-state index contributed by atoms with van der Waals surface area (Å²) >= 11 is 0. The fourth-order valence-corrected chi connectivity index (χ4v) is 8.43. The third-order valence-corrected chi connectivity index (χ3v) is 10.4. The van der Waals surface area contributed by atoms with Crippen LogP contribution in [-0.4, -0.2) is 93.5 Å². The second-order valence-corrected chi connectivity index (χ2v) is 13.4. The molecule has 48 heavy (non-hydrogen) atoms. The van der Waals surface area contributed by atoms with E-state index in [0.717, 1.165) is 55.3 Å². The van der Waals surface area contributed by atoms with Crippen molar-refractivity contribution in [3.63, 3.8) is 0 Å². The molecular weight excluding hydrogens is 611 g/mol. The lowest BCUT2D eigenvalue weighted by atomic mass is 9.92. The van der Waals surface area contributed by atoms with E-state index in [1.54, 1.807) is 36.4 Å². The SMILES string of the molecule is C#Cc1cccc2c(OC)ccc(-c3ncc4c(N5C[C@H]6CC[C@@H](C5)N6C(=O)O)nc(OCC56CC(=C)CN5CC(=C)C6)nc4c3F)c12. The van der Waals surface area contributed by atoms with Crippen molar-refractivity contribution in [1.82, 2.24) is 24.8 Å². The van der Waals surface area contributed by atoms with Crippen LogP contribution in [0.5, 0.6) is 11.8 Å². The summed E-state index contributed by atoms with van der Waals surface area (Å²) in [6.45, 7) is 11.1. The molecule has 4 aliphatic rings. The summed E-state index contributed by atoms with van der Waals surface area (Å²) < 4.78 is 29.0. The van der Waals surface area contributed by atoms with Gasteiger partial charge in [-0.05, 0) is 43.9 Å². The number of carboxylic acid groups (broad SMARTS) is 1. The normalized spacial score (nSPS) is 21.6. The van der Waals surface area contributed by atoms with Crippen LogP contribution >= 0.6 is 0 Å². The van der Waals surface area contributed by atoms with Gasteiger partial charge in [0.05, 0.1) is 30.1 Å². The molecule has 2 aromatic carbocycles. The first-order valence-corrected chi connectivity index (χ1v) is 16.1. The number of hydrogen-bond donors (Lipinski definition) is 1. The van der Waals surface area contributed by atoms with E-state index >= 15 is 4.39 Å². The molecule has 4 aromatic rings. The molecule has 0 spiro atoms. The molecule has 8 rings (SSSR count). The lowest BCUT2D eigenvalue weighted by Crippen LogP contribution is -2.55. The number of amides is 1.